The first-order valence-corrected chi connectivity index (χ1v) is 11.3. The van der Waals surface area contributed by atoms with E-state index in [0.717, 1.165) is 0 Å². The average Bonchev–Trinajstić information content (AvgIpc) is 3.56. The minimum atomic E-state index is -1.11. The summed E-state index contributed by atoms with van der Waals surface area (Å²) in [5.74, 6) is -0.470. The molecule has 2 aromatic carbocycles. The summed E-state index contributed by atoms with van der Waals surface area (Å²) >= 11 is 12.6. The number of ether oxygens (including phenoxy) is 3. The largest absolute Gasteiger partial charge is 0.491 e. The van der Waals surface area contributed by atoms with Gasteiger partial charge in [0.05, 0.1) is 30.2 Å². The molecule has 0 aliphatic carbocycles. The van der Waals surface area contributed by atoms with Crippen molar-refractivity contribution < 1.29 is 14.2 Å². The minimum absolute atomic E-state index is 0.222. The van der Waals surface area contributed by atoms with Crippen LogP contribution in [-0.4, -0.2) is 43.2 Å². The first-order chi connectivity index (χ1) is 16.4. The molecule has 0 bridgehead atoms. The van der Waals surface area contributed by atoms with Crippen molar-refractivity contribution in [2.24, 2.45) is 7.05 Å². The maximum absolute atomic E-state index is 12.1. The minimum Gasteiger partial charge on any atom is -0.491 e. The molecule has 0 unspecified atom stereocenters. The van der Waals surface area contributed by atoms with Gasteiger partial charge in [0.15, 0.2) is 0 Å². The molecule has 0 spiro atoms. The maximum Gasteiger partial charge on any atom is 0.350 e. The lowest BCUT2D eigenvalue weighted by molar-refractivity contribution is -0.189. The van der Waals surface area contributed by atoms with Crippen molar-refractivity contribution in [2.75, 3.05) is 13.2 Å². The average molecular weight is 502 g/mol. The summed E-state index contributed by atoms with van der Waals surface area (Å²) in [5, 5.41) is 4.95. The molecule has 0 amide bonds. The van der Waals surface area contributed by atoms with Gasteiger partial charge in [-0.3, -0.25) is 0 Å². The van der Waals surface area contributed by atoms with Crippen molar-refractivity contribution in [3.63, 3.8) is 0 Å². The van der Waals surface area contributed by atoms with Crippen LogP contribution in [0.1, 0.15) is 5.56 Å². The number of aromatic nitrogens is 5. The maximum atomic E-state index is 12.1. The van der Waals surface area contributed by atoms with E-state index in [4.69, 9.17) is 37.4 Å². The van der Waals surface area contributed by atoms with Crippen LogP contribution >= 0.6 is 23.2 Å². The van der Waals surface area contributed by atoms with Crippen LogP contribution in [0.4, 0.5) is 0 Å². The standard InChI is InChI=1S/C23H21Cl2N5O4/c1-28-22(31)30(15-27-28)17-3-5-18(6-4-17)32-11-19-12-33-23(34-19,13-29-9-8-26-14-29)20-7-2-16(24)10-21(20)25/h2-10,14-15,19H,11-13H2,1H3/t19-,23-/m1/s1. The highest BCUT2D eigenvalue weighted by molar-refractivity contribution is 6.35. The van der Waals surface area contributed by atoms with Crippen LogP contribution in [0.2, 0.25) is 10.0 Å². The Balaban J connectivity index is 1.30. The van der Waals surface area contributed by atoms with Gasteiger partial charge in [0.25, 0.3) is 0 Å². The molecule has 5 rings (SSSR count). The molecule has 2 aromatic heterocycles. The lowest BCUT2D eigenvalue weighted by Crippen LogP contribution is -2.34. The molecule has 3 heterocycles. The van der Waals surface area contributed by atoms with Crippen molar-refractivity contribution in [3.05, 3.63) is 93.6 Å². The highest BCUT2D eigenvalue weighted by Crippen LogP contribution is 2.40. The molecule has 9 nitrogen and oxygen atoms in total. The van der Waals surface area contributed by atoms with E-state index in [0.29, 0.717) is 40.2 Å². The van der Waals surface area contributed by atoms with Crippen LogP contribution in [0.25, 0.3) is 5.69 Å². The van der Waals surface area contributed by atoms with Gasteiger partial charge < -0.3 is 18.8 Å². The fourth-order valence-electron chi connectivity index (χ4n) is 3.83. The Morgan fingerprint density at radius 3 is 2.68 bits per heavy atom. The van der Waals surface area contributed by atoms with Crippen molar-refractivity contribution in [2.45, 2.75) is 18.4 Å². The van der Waals surface area contributed by atoms with E-state index >= 15 is 0 Å². The first-order valence-electron chi connectivity index (χ1n) is 10.5. The van der Waals surface area contributed by atoms with E-state index in [1.165, 1.54) is 15.6 Å². The summed E-state index contributed by atoms with van der Waals surface area (Å²) in [4.78, 5) is 16.2. The quantitative estimate of drug-likeness (QED) is 0.385. The van der Waals surface area contributed by atoms with Crippen molar-refractivity contribution in [3.8, 4) is 11.4 Å². The predicted octanol–water partition coefficient (Wildman–Crippen LogP) is 3.42. The molecule has 1 aliphatic rings. The molecule has 0 radical (unpaired) electrons. The molecule has 2 atom stereocenters. The van der Waals surface area contributed by atoms with Gasteiger partial charge >= 0.3 is 5.69 Å². The number of hydrogen-bond donors (Lipinski definition) is 0. The molecule has 1 aliphatic heterocycles. The summed E-state index contributed by atoms with van der Waals surface area (Å²) < 4.78 is 23.1. The number of halogens is 2. The van der Waals surface area contributed by atoms with E-state index in [9.17, 15) is 4.79 Å². The predicted molar refractivity (Wildman–Crippen MR) is 125 cm³/mol. The number of rotatable bonds is 7. The van der Waals surface area contributed by atoms with Gasteiger partial charge in [0, 0.05) is 30.0 Å². The molecule has 11 heteroatoms. The van der Waals surface area contributed by atoms with Crippen LogP contribution in [0.3, 0.4) is 0 Å². The fourth-order valence-corrected chi connectivity index (χ4v) is 4.38. The molecule has 1 fully saturated rings. The van der Waals surface area contributed by atoms with Crippen LogP contribution in [-0.2, 0) is 28.9 Å². The Morgan fingerprint density at radius 2 is 2.00 bits per heavy atom. The molecular weight excluding hydrogens is 481 g/mol. The summed E-state index contributed by atoms with van der Waals surface area (Å²) in [6.45, 7) is 0.944. The summed E-state index contributed by atoms with van der Waals surface area (Å²) in [6, 6.07) is 12.4. The van der Waals surface area contributed by atoms with Crippen molar-refractivity contribution >= 4 is 23.2 Å². The Kier molecular flexibility index (Phi) is 6.18. The molecule has 1 saturated heterocycles. The van der Waals surface area contributed by atoms with E-state index in [1.54, 1.807) is 56.0 Å². The van der Waals surface area contributed by atoms with Gasteiger partial charge in [-0.25, -0.2) is 19.0 Å². The number of imidazole rings is 1. The second kappa shape index (κ2) is 9.27. The summed E-state index contributed by atoms with van der Waals surface area (Å²) in [6.07, 6.45) is 6.35. The number of benzene rings is 2. The Hall–Kier alpha value is -3.11. The molecule has 0 N–H and O–H groups in total. The highest BCUT2D eigenvalue weighted by atomic mass is 35.5. The van der Waals surface area contributed by atoms with Gasteiger partial charge in [-0.1, -0.05) is 29.3 Å². The van der Waals surface area contributed by atoms with E-state index in [-0.39, 0.29) is 18.4 Å². The smallest absolute Gasteiger partial charge is 0.350 e. The van der Waals surface area contributed by atoms with Crippen LogP contribution in [0, 0.1) is 0 Å². The van der Waals surface area contributed by atoms with Gasteiger partial charge in [-0.2, -0.15) is 5.10 Å². The van der Waals surface area contributed by atoms with E-state index in [1.807, 2.05) is 16.8 Å². The summed E-state index contributed by atoms with van der Waals surface area (Å²) in [7, 11) is 1.60. The lowest BCUT2D eigenvalue weighted by Gasteiger charge is -2.30. The van der Waals surface area contributed by atoms with Gasteiger partial charge in [-0.15, -0.1) is 0 Å². The summed E-state index contributed by atoms with van der Waals surface area (Å²) in [5.41, 5.74) is 1.16. The van der Waals surface area contributed by atoms with E-state index in [2.05, 4.69) is 10.1 Å². The third kappa shape index (κ3) is 4.47. The Labute approximate surface area is 205 Å². The van der Waals surface area contributed by atoms with Crippen LogP contribution < -0.4 is 10.4 Å². The molecular formula is C23H21Cl2N5O4. The van der Waals surface area contributed by atoms with Gasteiger partial charge in [0.2, 0.25) is 5.79 Å². The number of hydrogen-bond acceptors (Lipinski definition) is 6. The lowest BCUT2D eigenvalue weighted by atomic mass is 10.1. The van der Waals surface area contributed by atoms with Crippen LogP contribution in [0.5, 0.6) is 5.75 Å². The zero-order valence-corrected chi connectivity index (χ0v) is 19.7. The van der Waals surface area contributed by atoms with E-state index < -0.39 is 5.79 Å². The SMILES string of the molecule is Cn1ncn(-c2ccc(OC[C@@H]3CO[C@@](Cn4ccnc4)(c4ccc(Cl)cc4Cl)O3)cc2)c1=O. The zero-order valence-electron chi connectivity index (χ0n) is 18.2. The number of nitrogens with zero attached hydrogens (tertiary/aromatic N) is 5. The first kappa shape index (κ1) is 22.7. The highest BCUT2D eigenvalue weighted by Gasteiger charge is 2.45. The third-order valence-electron chi connectivity index (χ3n) is 5.52. The fraction of sp³-hybridized carbons (Fsp3) is 0.261. The molecule has 34 heavy (non-hydrogen) atoms. The number of aryl methyl sites for hydroxylation is 1. The second-order valence-electron chi connectivity index (χ2n) is 7.87. The topological polar surface area (TPSA) is 85.3 Å². The van der Waals surface area contributed by atoms with Crippen molar-refractivity contribution in [1.29, 1.82) is 0 Å². The van der Waals surface area contributed by atoms with Gasteiger partial charge in [0.1, 0.15) is 24.8 Å². The molecule has 4 aromatic rings. The van der Waals surface area contributed by atoms with Crippen molar-refractivity contribution in [1.82, 2.24) is 23.9 Å². The normalized spacial score (nSPS) is 20.0. The van der Waals surface area contributed by atoms with Crippen LogP contribution in [0.15, 0.2) is 72.3 Å². The third-order valence-corrected chi connectivity index (χ3v) is 6.07. The molecule has 176 valence electrons. The Morgan fingerprint density at radius 1 is 1.18 bits per heavy atom. The molecule has 0 saturated carbocycles. The van der Waals surface area contributed by atoms with Gasteiger partial charge in [-0.05, 0) is 36.4 Å². The Bertz CT molecular complexity index is 1340. The second-order valence-corrected chi connectivity index (χ2v) is 8.72. The zero-order chi connectivity index (χ0) is 23.7. The monoisotopic (exact) mass is 501 g/mol.